The summed E-state index contributed by atoms with van der Waals surface area (Å²) >= 11 is 3.45. The lowest BCUT2D eigenvalue weighted by atomic mass is 9.96. The predicted octanol–water partition coefficient (Wildman–Crippen LogP) is 4.40. The van der Waals surface area contributed by atoms with E-state index in [-0.39, 0.29) is 0 Å². The van der Waals surface area contributed by atoms with Crippen molar-refractivity contribution in [1.82, 2.24) is 0 Å². The van der Waals surface area contributed by atoms with Crippen LogP contribution in [0.2, 0.25) is 0 Å². The van der Waals surface area contributed by atoms with E-state index < -0.39 is 0 Å². The molecule has 1 rings (SSSR count). The van der Waals surface area contributed by atoms with E-state index in [9.17, 15) is 5.11 Å². The van der Waals surface area contributed by atoms with E-state index in [4.69, 9.17) is 0 Å². The normalized spacial score (nSPS) is 11.4. The fourth-order valence-corrected chi connectivity index (χ4v) is 2.33. The van der Waals surface area contributed by atoms with Crippen LogP contribution in [0.5, 0.6) is 5.75 Å². The Hall–Kier alpha value is -0.500. The van der Waals surface area contributed by atoms with Crippen molar-refractivity contribution in [2.75, 3.05) is 0 Å². The minimum Gasteiger partial charge on any atom is -0.506 e. The van der Waals surface area contributed by atoms with E-state index in [2.05, 4.69) is 49.7 Å². The third kappa shape index (κ3) is 2.11. The van der Waals surface area contributed by atoms with Gasteiger partial charge in [-0.3, -0.25) is 0 Å². The lowest BCUT2D eigenvalue weighted by Gasteiger charge is -2.15. The Morgan fingerprint density at radius 3 is 1.86 bits per heavy atom. The molecule has 0 spiro atoms. The molecule has 0 saturated heterocycles. The number of aromatic hydroxyl groups is 1. The number of phenolic OH excluding ortho intramolecular Hbond substituents is 1. The van der Waals surface area contributed by atoms with Crippen molar-refractivity contribution in [3.63, 3.8) is 0 Å². The molecule has 0 unspecified atom stereocenters. The van der Waals surface area contributed by atoms with Crippen LogP contribution in [0.3, 0.4) is 0 Å². The second-order valence-electron chi connectivity index (χ2n) is 4.22. The second kappa shape index (κ2) is 4.35. The zero-order valence-corrected chi connectivity index (χ0v) is 10.7. The minimum absolute atomic E-state index is 0.354. The van der Waals surface area contributed by atoms with Crippen LogP contribution >= 0.6 is 15.9 Å². The average Bonchev–Trinajstić information content (AvgIpc) is 2.08. The summed E-state index contributed by atoms with van der Waals surface area (Å²) in [6, 6.07) is 4.10. The van der Waals surface area contributed by atoms with Gasteiger partial charge in [0, 0.05) is 0 Å². The third-order valence-electron chi connectivity index (χ3n) is 2.42. The standard InChI is InChI=1S/C12H17BrO/c1-7(2)9-5-6-10(8(3)4)12(14)11(9)13/h5-8,14H,1-4H3. The van der Waals surface area contributed by atoms with Gasteiger partial charge in [0.05, 0.1) is 4.47 Å². The highest BCUT2D eigenvalue weighted by atomic mass is 79.9. The van der Waals surface area contributed by atoms with Crippen molar-refractivity contribution >= 4 is 15.9 Å². The Balaban J connectivity index is 3.26. The highest BCUT2D eigenvalue weighted by molar-refractivity contribution is 9.10. The first-order valence-electron chi connectivity index (χ1n) is 4.96. The summed E-state index contributed by atoms with van der Waals surface area (Å²) in [7, 11) is 0. The summed E-state index contributed by atoms with van der Waals surface area (Å²) in [5.41, 5.74) is 2.16. The maximum absolute atomic E-state index is 9.95. The molecular formula is C12H17BrO. The Labute approximate surface area is 94.3 Å². The van der Waals surface area contributed by atoms with Gasteiger partial charge in [-0.15, -0.1) is 0 Å². The van der Waals surface area contributed by atoms with Gasteiger partial charge in [0.2, 0.25) is 0 Å². The number of halogens is 1. The molecular weight excluding hydrogens is 240 g/mol. The van der Waals surface area contributed by atoms with Crippen LogP contribution in [0.25, 0.3) is 0 Å². The fraction of sp³-hybridized carbons (Fsp3) is 0.500. The van der Waals surface area contributed by atoms with Gasteiger partial charge >= 0.3 is 0 Å². The van der Waals surface area contributed by atoms with Crippen LogP contribution in [-0.2, 0) is 0 Å². The first-order chi connectivity index (χ1) is 6.45. The lowest BCUT2D eigenvalue weighted by Crippen LogP contribution is -1.94. The van der Waals surface area contributed by atoms with E-state index in [1.54, 1.807) is 0 Å². The molecule has 0 radical (unpaired) electrons. The Bertz CT molecular complexity index is 296. The largest absolute Gasteiger partial charge is 0.506 e. The number of hydrogen-bond acceptors (Lipinski definition) is 1. The monoisotopic (exact) mass is 256 g/mol. The van der Waals surface area contributed by atoms with Crippen LogP contribution in [0.4, 0.5) is 0 Å². The molecule has 0 aliphatic rings. The number of hydrogen-bond donors (Lipinski definition) is 1. The van der Waals surface area contributed by atoms with E-state index in [0.29, 0.717) is 17.6 Å². The molecule has 78 valence electrons. The van der Waals surface area contributed by atoms with E-state index in [1.165, 1.54) is 0 Å². The van der Waals surface area contributed by atoms with Crippen molar-refractivity contribution in [3.8, 4) is 5.75 Å². The summed E-state index contributed by atoms with van der Waals surface area (Å²) in [5, 5.41) is 9.95. The fourth-order valence-electron chi connectivity index (χ4n) is 1.51. The highest BCUT2D eigenvalue weighted by Gasteiger charge is 2.14. The van der Waals surface area contributed by atoms with E-state index in [1.807, 2.05) is 6.07 Å². The molecule has 0 heterocycles. The van der Waals surface area contributed by atoms with Gasteiger partial charge in [-0.1, -0.05) is 39.8 Å². The Morgan fingerprint density at radius 1 is 1.00 bits per heavy atom. The molecule has 0 bridgehead atoms. The summed E-state index contributed by atoms with van der Waals surface area (Å²) < 4.78 is 0.846. The van der Waals surface area contributed by atoms with Crippen LogP contribution in [0.15, 0.2) is 16.6 Å². The van der Waals surface area contributed by atoms with E-state index in [0.717, 1.165) is 15.6 Å². The molecule has 1 nitrogen and oxygen atoms in total. The van der Waals surface area contributed by atoms with E-state index >= 15 is 0 Å². The van der Waals surface area contributed by atoms with Gasteiger partial charge in [0.25, 0.3) is 0 Å². The van der Waals surface area contributed by atoms with Gasteiger partial charge in [-0.05, 0) is 38.9 Å². The molecule has 0 aromatic heterocycles. The third-order valence-corrected chi connectivity index (χ3v) is 3.25. The molecule has 2 heteroatoms. The van der Waals surface area contributed by atoms with Gasteiger partial charge in [0.1, 0.15) is 5.75 Å². The molecule has 0 saturated carbocycles. The van der Waals surface area contributed by atoms with Crippen molar-refractivity contribution < 1.29 is 5.11 Å². The molecule has 1 aromatic rings. The van der Waals surface area contributed by atoms with Crippen LogP contribution in [-0.4, -0.2) is 5.11 Å². The van der Waals surface area contributed by atoms with Crippen molar-refractivity contribution in [1.29, 1.82) is 0 Å². The van der Waals surface area contributed by atoms with Gasteiger partial charge < -0.3 is 5.11 Å². The summed E-state index contributed by atoms with van der Waals surface area (Å²) in [6.45, 7) is 8.40. The first-order valence-corrected chi connectivity index (χ1v) is 5.75. The van der Waals surface area contributed by atoms with Gasteiger partial charge in [0.15, 0.2) is 0 Å². The summed E-state index contributed by atoms with van der Waals surface area (Å²) in [6.07, 6.45) is 0. The molecule has 0 atom stereocenters. The quantitative estimate of drug-likeness (QED) is 0.832. The predicted molar refractivity (Wildman–Crippen MR) is 64.0 cm³/mol. The minimum atomic E-state index is 0.354. The molecule has 1 aromatic carbocycles. The lowest BCUT2D eigenvalue weighted by molar-refractivity contribution is 0.460. The van der Waals surface area contributed by atoms with Crippen LogP contribution < -0.4 is 0 Å². The second-order valence-corrected chi connectivity index (χ2v) is 5.01. The maximum Gasteiger partial charge on any atom is 0.133 e. The number of rotatable bonds is 2. The molecule has 0 aliphatic carbocycles. The van der Waals surface area contributed by atoms with Crippen molar-refractivity contribution in [3.05, 3.63) is 27.7 Å². The number of benzene rings is 1. The smallest absolute Gasteiger partial charge is 0.133 e. The average molecular weight is 257 g/mol. The molecule has 0 amide bonds. The topological polar surface area (TPSA) is 20.2 Å². The Kier molecular flexibility index (Phi) is 3.59. The zero-order chi connectivity index (χ0) is 10.9. The molecule has 0 fully saturated rings. The highest BCUT2D eigenvalue weighted by Crippen LogP contribution is 2.37. The zero-order valence-electron chi connectivity index (χ0n) is 9.13. The molecule has 14 heavy (non-hydrogen) atoms. The maximum atomic E-state index is 9.95. The van der Waals surface area contributed by atoms with Crippen molar-refractivity contribution in [2.24, 2.45) is 0 Å². The number of phenols is 1. The van der Waals surface area contributed by atoms with Crippen LogP contribution in [0.1, 0.15) is 50.7 Å². The molecule has 1 N–H and O–H groups in total. The van der Waals surface area contributed by atoms with Gasteiger partial charge in [-0.25, -0.2) is 0 Å². The summed E-state index contributed by atoms with van der Waals surface area (Å²) in [4.78, 5) is 0. The first kappa shape index (κ1) is 11.6. The Morgan fingerprint density at radius 2 is 1.43 bits per heavy atom. The van der Waals surface area contributed by atoms with Crippen molar-refractivity contribution in [2.45, 2.75) is 39.5 Å². The summed E-state index contributed by atoms with van der Waals surface area (Å²) in [5.74, 6) is 1.18. The van der Waals surface area contributed by atoms with Crippen LogP contribution in [0, 0.1) is 0 Å². The van der Waals surface area contributed by atoms with Gasteiger partial charge in [-0.2, -0.15) is 0 Å². The molecule has 0 aliphatic heterocycles. The SMILES string of the molecule is CC(C)c1ccc(C(C)C)c(Br)c1O.